The zero-order valence-electron chi connectivity index (χ0n) is 14.7. The summed E-state index contributed by atoms with van der Waals surface area (Å²) in [5.74, 6) is 1.68. The maximum atomic E-state index is 8.49. The molecule has 0 bridgehead atoms. The Morgan fingerprint density at radius 2 is 1.67 bits per heavy atom. The Morgan fingerprint density at radius 3 is 2.29 bits per heavy atom. The molecule has 128 valence electrons. The van der Waals surface area contributed by atoms with Gasteiger partial charge in [0.1, 0.15) is 24.7 Å². The summed E-state index contributed by atoms with van der Waals surface area (Å²) in [7, 11) is 0. The molecule has 0 aliphatic rings. The largest absolute Gasteiger partial charge is 0.490 e. The van der Waals surface area contributed by atoms with Gasteiger partial charge in [-0.05, 0) is 59.4 Å². The molecule has 2 rings (SSSR count). The van der Waals surface area contributed by atoms with Gasteiger partial charge in [0.15, 0.2) is 0 Å². The Kier molecular flexibility index (Phi) is 5.85. The summed E-state index contributed by atoms with van der Waals surface area (Å²) in [6.45, 7) is 9.54. The minimum Gasteiger partial charge on any atom is -0.490 e. The van der Waals surface area contributed by atoms with Crippen LogP contribution >= 0.6 is 0 Å². The first kappa shape index (κ1) is 17.9. The Balaban J connectivity index is 1.91. The zero-order valence-corrected chi connectivity index (χ0v) is 14.7. The maximum Gasteiger partial charge on any atom is 0.123 e. The number of hydrogen-bond donors (Lipinski definition) is 1. The van der Waals surface area contributed by atoms with Gasteiger partial charge in [-0.2, -0.15) is 0 Å². The molecule has 0 spiro atoms. The number of hydrogen-bond acceptors (Lipinski definition) is 4. The van der Waals surface area contributed by atoms with E-state index in [2.05, 4.69) is 51.0 Å². The molecule has 0 unspecified atom stereocenters. The second-order valence-corrected chi connectivity index (χ2v) is 6.76. The summed E-state index contributed by atoms with van der Waals surface area (Å²) in [6.07, 6.45) is 1.37. The molecule has 0 radical (unpaired) electrons. The van der Waals surface area contributed by atoms with Crippen molar-refractivity contribution in [2.45, 2.75) is 33.1 Å². The van der Waals surface area contributed by atoms with Crippen molar-refractivity contribution in [3.63, 3.8) is 0 Å². The van der Waals surface area contributed by atoms with Gasteiger partial charge in [0.2, 0.25) is 0 Å². The summed E-state index contributed by atoms with van der Waals surface area (Å²) in [4.78, 5) is 0. The van der Waals surface area contributed by atoms with Crippen LogP contribution in [0, 0.1) is 6.92 Å². The second-order valence-electron chi connectivity index (χ2n) is 6.76. The number of rotatable bonds is 6. The van der Waals surface area contributed by atoms with Gasteiger partial charge in [0, 0.05) is 0 Å². The molecule has 0 saturated heterocycles. The lowest BCUT2D eigenvalue weighted by atomic mass is 9.86. The fourth-order valence-corrected chi connectivity index (χ4v) is 2.40. The molecule has 0 aliphatic heterocycles. The molecule has 24 heavy (non-hydrogen) atoms. The van der Waals surface area contributed by atoms with Crippen LogP contribution in [-0.4, -0.2) is 24.6 Å². The van der Waals surface area contributed by atoms with Crippen molar-refractivity contribution in [3.8, 4) is 11.5 Å². The lowest BCUT2D eigenvalue weighted by molar-refractivity contribution is 0.214. The van der Waals surface area contributed by atoms with Crippen LogP contribution in [0.3, 0.4) is 0 Å². The van der Waals surface area contributed by atoms with Crippen LogP contribution in [0.4, 0.5) is 0 Å². The highest BCUT2D eigenvalue weighted by Crippen LogP contribution is 2.32. The van der Waals surface area contributed by atoms with Gasteiger partial charge in [-0.15, -0.1) is 0 Å². The van der Waals surface area contributed by atoms with Crippen molar-refractivity contribution >= 4 is 6.21 Å². The van der Waals surface area contributed by atoms with Gasteiger partial charge in [0.05, 0.1) is 6.21 Å². The van der Waals surface area contributed by atoms with E-state index in [1.165, 1.54) is 17.3 Å². The monoisotopic (exact) mass is 327 g/mol. The molecule has 0 aliphatic carbocycles. The number of oxime groups is 1. The highest BCUT2D eigenvalue weighted by molar-refractivity contribution is 5.79. The third-order valence-electron chi connectivity index (χ3n) is 3.64. The van der Waals surface area contributed by atoms with E-state index in [1.807, 2.05) is 24.3 Å². The highest BCUT2D eigenvalue weighted by Gasteiger charge is 2.18. The van der Waals surface area contributed by atoms with Crippen molar-refractivity contribution < 1.29 is 14.7 Å². The minimum atomic E-state index is 0.0357. The van der Waals surface area contributed by atoms with Crippen LogP contribution in [-0.2, 0) is 5.41 Å². The highest BCUT2D eigenvalue weighted by atomic mass is 16.5. The Bertz CT molecular complexity index is 685. The van der Waals surface area contributed by atoms with E-state index in [-0.39, 0.29) is 5.41 Å². The molecule has 2 aromatic carbocycles. The van der Waals surface area contributed by atoms with Crippen LogP contribution in [0.25, 0.3) is 0 Å². The summed E-state index contributed by atoms with van der Waals surface area (Å²) in [5.41, 5.74) is 3.23. The Morgan fingerprint density at radius 1 is 1.00 bits per heavy atom. The molecular formula is C20H25NO3. The Labute approximate surface area is 143 Å². The number of nitrogens with zero attached hydrogens (tertiary/aromatic N) is 1. The molecule has 0 amide bonds. The normalized spacial score (nSPS) is 11.7. The van der Waals surface area contributed by atoms with E-state index in [4.69, 9.17) is 14.7 Å². The topological polar surface area (TPSA) is 51.0 Å². The van der Waals surface area contributed by atoms with Crippen LogP contribution in [0.5, 0.6) is 11.5 Å². The predicted octanol–water partition coefficient (Wildman–Crippen LogP) is 4.56. The van der Waals surface area contributed by atoms with Crippen molar-refractivity contribution in [2.75, 3.05) is 13.2 Å². The molecule has 4 heteroatoms. The quantitative estimate of drug-likeness (QED) is 0.366. The van der Waals surface area contributed by atoms with Crippen molar-refractivity contribution in [3.05, 3.63) is 59.2 Å². The number of benzene rings is 2. The van der Waals surface area contributed by atoms with E-state index >= 15 is 0 Å². The average Bonchev–Trinajstić information content (AvgIpc) is 2.52. The molecule has 0 fully saturated rings. The van der Waals surface area contributed by atoms with Crippen LogP contribution in [0.15, 0.2) is 47.6 Å². The van der Waals surface area contributed by atoms with Crippen molar-refractivity contribution in [1.29, 1.82) is 0 Å². The third-order valence-corrected chi connectivity index (χ3v) is 3.64. The molecule has 2 aromatic rings. The van der Waals surface area contributed by atoms with E-state index in [0.717, 1.165) is 17.1 Å². The van der Waals surface area contributed by atoms with Crippen molar-refractivity contribution in [1.82, 2.24) is 0 Å². The first-order chi connectivity index (χ1) is 11.4. The lowest BCUT2D eigenvalue weighted by Gasteiger charge is -2.23. The summed E-state index contributed by atoms with van der Waals surface area (Å²) in [6, 6.07) is 13.6. The summed E-state index contributed by atoms with van der Waals surface area (Å²) >= 11 is 0. The van der Waals surface area contributed by atoms with Gasteiger partial charge in [-0.3, -0.25) is 0 Å². The lowest BCUT2D eigenvalue weighted by Crippen LogP contribution is -2.16. The zero-order chi connectivity index (χ0) is 17.6. The van der Waals surface area contributed by atoms with E-state index in [0.29, 0.717) is 13.2 Å². The molecule has 1 N–H and O–H groups in total. The van der Waals surface area contributed by atoms with Gasteiger partial charge in [-0.25, -0.2) is 0 Å². The number of aryl methyl sites for hydroxylation is 1. The first-order valence-electron chi connectivity index (χ1n) is 8.04. The van der Waals surface area contributed by atoms with Crippen LogP contribution in [0.2, 0.25) is 0 Å². The van der Waals surface area contributed by atoms with E-state index in [1.54, 1.807) is 0 Å². The molecule has 0 saturated carbocycles. The predicted molar refractivity (Wildman–Crippen MR) is 96.7 cm³/mol. The molecular weight excluding hydrogens is 302 g/mol. The second kappa shape index (κ2) is 7.86. The molecule has 0 aromatic heterocycles. The summed E-state index contributed by atoms with van der Waals surface area (Å²) in [5, 5.41) is 11.5. The van der Waals surface area contributed by atoms with Gasteiger partial charge in [0.25, 0.3) is 0 Å². The fraction of sp³-hybridized carbons (Fsp3) is 0.350. The molecule has 0 heterocycles. The maximum absolute atomic E-state index is 8.49. The molecule has 4 nitrogen and oxygen atoms in total. The van der Waals surface area contributed by atoms with E-state index < -0.39 is 0 Å². The fourth-order valence-electron chi connectivity index (χ4n) is 2.40. The Hall–Kier alpha value is -2.49. The van der Waals surface area contributed by atoms with Crippen molar-refractivity contribution in [2.24, 2.45) is 5.16 Å². The smallest absolute Gasteiger partial charge is 0.123 e. The SMILES string of the molecule is Cc1ccc(C(C)(C)C)c(OCCOc2ccc(C=NO)cc2)c1. The van der Waals surface area contributed by atoms with E-state index in [9.17, 15) is 0 Å². The molecule has 0 atom stereocenters. The van der Waals surface area contributed by atoms with Crippen LogP contribution < -0.4 is 9.47 Å². The van der Waals surface area contributed by atoms with Gasteiger partial charge in [-0.1, -0.05) is 38.1 Å². The van der Waals surface area contributed by atoms with Crippen LogP contribution in [0.1, 0.15) is 37.5 Å². The third kappa shape index (κ3) is 5.01. The average molecular weight is 327 g/mol. The summed E-state index contributed by atoms with van der Waals surface area (Å²) < 4.78 is 11.6. The van der Waals surface area contributed by atoms with Gasteiger partial charge >= 0.3 is 0 Å². The number of ether oxygens (including phenoxy) is 2. The van der Waals surface area contributed by atoms with Gasteiger partial charge < -0.3 is 14.7 Å². The standard InChI is InChI=1S/C20H25NO3/c1-15-5-10-18(20(2,3)4)19(13-15)24-12-11-23-17-8-6-16(7-9-17)14-21-22/h5-10,13-14,22H,11-12H2,1-4H3. The minimum absolute atomic E-state index is 0.0357. The first-order valence-corrected chi connectivity index (χ1v) is 8.04.